The minimum Gasteiger partial charge on any atom is -0.399 e. The summed E-state index contributed by atoms with van der Waals surface area (Å²) in [6.07, 6.45) is 0. The zero-order valence-electron chi connectivity index (χ0n) is 9.60. The third-order valence-electron chi connectivity index (χ3n) is 2.34. The first kappa shape index (κ1) is 14.4. The summed E-state index contributed by atoms with van der Waals surface area (Å²) in [7, 11) is -3.67. The molecule has 100 valence electrons. The number of nitrogens with two attached hydrogens (primary N) is 1. The van der Waals surface area contributed by atoms with Crippen LogP contribution in [-0.4, -0.2) is 8.42 Å². The lowest BCUT2D eigenvalue weighted by Gasteiger charge is -2.10. The number of nitrogen functional groups attached to an aromatic ring is 1. The van der Waals surface area contributed by atoms with Gasteiger partial charge in [0.1, 0.15) is 4.90 Å². The maximum absolute atomic E-state index is 12.3. The van der Waals surface area contributed by atoms with Gasteiger partial charge in [-0.25, -0.2) is 8.42 Å². The van der Waals surface area contributed by atoms with Crippen molar-refractivity contribution in [3.8, 4) is 0 Å². The number of hydrogen-bond donors (Lipinski definition) is 2. The predicted octanol–water partition coefficient (Wildman–Crippen LogP) is 3.59. The standard InChI is InChI=1S/C12H10Br2N2O2S/c13-8-1-4-10(5-2-8)16-19(17,18)12-7-9(15)3-6-11(12)14/h1-7,16H,15H2. The highest BCUT2D eigenvalue weighted by molar-refractivity contribution is 9.10. The Bertz CT molecular complexity index is 700. The number of anilines is 2. The molecule has 0 saturated carbocycles. The fourth-order valence-corrected chi connectivity index (χ4v) is 3.78. The summed E-state index contributed by atoms with van der Waals surface area (Å²) in [4.78, 5) is 0.107. The average molecular weight is 406 g/mol. The molecule has 0 radical (unpaired) electrons. The maximum Gasteiger partial charge on any atom is 0.263 e. The molecule has 19 heavy (non-hydrogen) atoms. The Morgan fingerprint density at radius 3 is 2.26 bits per heavy atom. The second-order valence-electron chi connectivity index (χ2n) is 3.80. The van der Waals surface area contributed by atoms with Gasteiger partial charge in [0.2, 0.25) is 0 Å². The SMILES string of the molecule is Nc1ccc(Br)c(S(=O)(=O)Nc2ccc(Br)cc2)c1. The first-order valence-electron chi connectivity index (χ1n) is 5.22. The summed E-state index contributed by atoms with van der Waals surface area (Å²) in [6.45, 7) is 0. The van der Waals surface area contributed by atoms with Crippen molar-refractivity contribution in [3.05, 3.63) is 51.4 Å². The third kappa shape index (κ3) is 3.49. The molecule has 0 unspecified atom stereocenters. The largest absolute Gasteiger partial charge is 0.399 e. The Morgan fingerprint density at radius 2 is 1.63 bits per heavy atom. The van der Waals surface area contributed by atoms with Crippen LogP contribution in [0, 0.1) is 0 Å². The molecule has 0 fully saturated rings. The fraction of sp³-hybridized carbons (Fsp3) is 0. The molecular weight excluding hydrogens is 396 g/mol. The molecule has 2 rings (SSSR count). The van der Waals surface area contributed by atoms with Gasteiger partial charge in [-0.1, -0.05) is 15.9 Å². The molecular formula is C12H10Br2N2O2S. The van der Waals surface area contributed by atoms with E-state index < -0.39 is 10.0 Å². The smallest absolute Gasteiger partial charge is 0.263 e. The van der Waals surface area contributed by atoms with Gasteiger partial charge in [-0.3, -0.25) is 4.72 Å². The van der Waals surface area contributed by atoms with Gasteiger partial charge in [0.15, 0.2) is 0 Å². The molecule has 0 heterocycles. The van der Waals surface area contributed by atoms with Crippen molar-refractivity contribution in [1.82, 2.24) is 0 Å². The van der Waals surface area contributed by atoms with Crippen LogP contribution in [0.5, 0.6) is 0 Å². The van der Waals surface area contributed by atoms with Crippen LogP contribution in [0.4, 0.5) is 11.4 Å². The van der Waals surface area contributed by atoms with Gasteiger partial charge < -0.3 is 5.73 Å². The highest BCUT2D eigenvalue weighted by Crippen LogP contribution is 2.26. The molecule has 4 nitrogen and oxygen atoms in total. The zero-order chi connectivity index (χ0) is 14.0. The number of benzene rings is 2. The van der Waals surface area contributed by atoms with Gasteiger partial charge in [-0.2, -0.15) is 0 Å². The first-order chi connectivity index (χ1) is 8.88. The molecule has 0 aliphatic rings. The molecule has 0 aliphatic carbocycles. The average Bonchev–Trinajstić information content (AvgIpc) is 2.35. The highest BCUT2D eigenvalue weighted by atomic mass is 79.9. The fourth-order valence-electron chi connectivity index (χ4n) is 1.45. The van der Waals surface area contributed by atoms with E-state index in [2.05, 4.69) is 36.6 Å². The molecule has 0 saturated heterocycles. The summed E-state index contributed by atoms with van der Waals surface area (Å²) < 4.78 is 28.3. The van der Waals surface area contributed by atoms with Crippen molar-refractivity contribution in [2.75, 3.05) is 10.5 Å². The van der Waals surface area contributed by atoms with E-state index in [1.165, 1.54) is 6.07 Å². The zero-order valence-corrected chi connectivity index (χ0v) is 13.6. The normalized spacial score (nSPS) is 11.3. The van der Waals surface area contributed by atoms with Crippen LogP contribution >= 0.6 is 31.9 Å². The molecule has 0 aromatic heterocycles. The van der Waals surface area contributed by atoms with Gasteiger partial charge in [0.05, 0.1) is 0 Å². The molecule has 0 aliphatic heterocycles. The molecule has 2 aromatic rings. The summed E-state index contributed by atoms with van der Waals surface area (Å²) in [5.74, 6) is 0. The predicted molar refractivity (Wildman–Crippen MR) is 83.5 cm³/mol. The van der Waals surface area contributed by atoms with Crippen molar-refractivity contribution in [2.45, 2.75) is 4.90 Å². The third-order valence-corrected chi connectivity index (χ3v) is 5.25. The molecule has 0 amide bonds. The monoisotopic (exact) mass is 404 g/mol. The van der Waals surface area contributed by atoms with Crippen molar-refractivity contribution >= 4 is 53.3 Å². The van der Waals surface area contributed by atoms with E-state index in [1.54, 1.807) is 36.4 Å². The highest BCUT2D eigenvalue weighted by Gasteiger charge is 2.18. The van der Waals surface area contributed by atoms with E-state index in [-0.39, 0.29) is 4.90 Å². The maximum atomic E-state index is 12.3. The topological polar surface area (TPSA) is 72.2 Å². The van der Waals surface area contributed by atoms with Gasteiger partial charge in [0.25, 0.3) is 10.0 Å². The minimum atomic E-state index is -3.67. The molecule has 0 atom stereocenters. The van der Waals surface area contributed by atoms with E-state index in [4.69, 9.17) is 5.73 Å². The Labute approximate surface area is 128 Å². The van der Waals surface area contributed by atoms with Crippen LogP contribution < -0.4 is 10.5 Å². The number of nitrogens with one attached hydrogen (secondary N) is 1. The van der Waals surface area contributed by atoms with Gasteiger partial charge in [-0.15, -0.1) is 0 Å². The van der Waals surface area contributed by atoms with Crippen LogP contribution in [0.1, 0.15) is 0 Å². The van der Waals surface area contributed by atoms with E-state index in [0.29, 0.717) is 15.8 Å². The van der Waals surface area contributed by atoms with Crippen molar-refractivity contribution < 1.29 is 8.42 Å². The Hall–Kier alpha value is -1.05. The van der Waals surface area contributed by atoms with Gasteiger partial charge >= 0.3 is 0 Å². The lowest BCUT2D eigenvalue weighted by atomic mass is 10.3. The summed E-state index contributed by atoms with van der Waals surface area (Å²) in [6, 6.07) is 11.5. The van der Waals surface area contributed by atoms with Crippen LogP contribution in [0.25, 0.3) is 0 Å². The number of halogens is 2. The van der Waals surface area contributed by atoms with Crippen molar-refractivity contribution in [1.29, 1.82) is 0 Å². The van der Waals surface area contributed by atoms with Gasteiger partial charge in [0, 0.05) is 20.3 Å². The minimum absolute atomic E-state index is 0.107. The summed E-state index contributed by atoms with van der Waals surface area (Å²) in [5.41, 5.74) is 6.49. The summed E-state index contributed by atoms with van der Waals surface area (Å²) in [5, 5.41) is 0. The Balaban J connectivity index is 2.37. The Kier molecular flexibility index (Phi) is 4.17. The van der Waals surface area contributed by atoms with E-state index in [1.807, 2.05) is 0 Å². The molecule has 0 bridgehead atoms. The molecule has 0 spiro atoms. The van der Waals surface area contributed by atoms with Gasteiger partial charge in [-0.05, 0) is 58.4 Å². The van der Waals surface area contributed by atoms with Crippen molar-refractivity contribution in [2.24, 2.45) is 0 Å². The number of sulfonamides is 1. The van der Waals surface area contributed by atoms with Crippen LogP contribution in [0.15, 0.2) is 56.3 Å². The van der Waals surface area contributed by atoms with E-state index >= 15 is 0 Å². The molecule has 3 N–H and O–H groups in total. The van der Waals surface area contributed by atoms with Crippen molar-refractivity contribution in [3.63, 3.8) is 0 Å². The first-order valence-corrected chi connectivity index (χ1v) is 8.29. The van der Waals surface area contributed by atoms with E-state index in [0.717, 1.165) is 4.47 Å². The molecule has 7 heteroatoms. The Morgan fingerprint density at radius 1 is 1.00 bits per heavy atom. The van der Waals surface area contributed by atoms with E-state index in [9.17, 15) is 8.42 Å². The van der Waals surface area contributed by atoms with Crippen LogP contribution in [-0.2, 0) is 10.0 Å². The van der Waals surface area contributed by atoms with Crippen LogP contribution in [0.3, 0.4) is 0 Å². The lowest BCUT2D eigenvalue weighted by Crippen LogP contribution is -2.13. The second kappa shape index (κ2) is 5.52. The quantitative estimate of drug-likeness (QED) is 0.766. The second-order valence-corrected chi connectivity index (χ2v) is 7.22. The summed E-state index contributed by atoms with van der Waals surface area (Å²) >= 11 is 6.50. The molecule has 2 aromatic carbocycles. The number of hydrogen-bond acceptors (Lipinski definition) is 3. The van der Waals surface area contributed by atoms with Crippen LogP contribution in [0.2, 0.25) is 0 Å². The lowest BCUT2D eigenvalue weighted by molar-refractivity contribution is 0.601. The number of rotatable bonds is 3.